The lowest BCUT2D eigenvalue weighted by Crippen LogP contribution is -2.47. The second-order valence-electron chi connectivity index (χ2n) is 9.14. The summed E-state index contributed by atoms with van der Waals surface area (Å²) in [5.74, 6) is -1.20. The van der Waals surface area contributed by atoms with E-state index in [0.717, 1.165) is 12.8 Å². The number of phenolic OH excluding ortho intramolecular Hbond substituents is 1. The number of carbonyl (C=O) groups is 1. The Bertz CT molecular complexity index is 1380. The van der Waals surface area contributed by atoms with Crippen molar-refractivity contribution in [3.05, 3.63) is 69.8 Å². The summed E-state index contributed by atoms with van der Waals surface area (Å²) in [5.41, 5.74) is 3.12. The number of amides is 1. The van der Waals surface area contributed by atoms with E-state index in [4.69, 9.17) is 5.11 Å². The van der Waals surface area contributed by atoms with Gasteiger partial charge < -0.3 is 19.7 Å². The summed E-state index contributed by atoms with van der Waals surface area (Å²) in [6.45, 7) is 3.35. The van der Waals surface area contributed by atoms with Gasteiger partial charge in [0.2, 0.25) is 5.43 Å². The van der Waals surface area contributed by atoms with Crippen LogP contribution in [0.2, 0.25) is 0 Å². The van der Waals surface area contributed by atoms with Crippen molar-refractivity contribution in [2.75, 3.05) is 44.2 Å². The minimum absolute atomic E-state index is 0. The third-order valence-electron chi connectivity index (χ3n) is 6.72. The van der Waals surface area contributed by atoms with Crippen LogP contribution in [-0.4, -0.2) is 71.1 Å². The molecular formula is C26H29ClFN5O4. The molecule has 0 bridgehead atoms. The zero-order valence-corrected chi connectivity index (χ0v) is 21.0. The van der Waals surface area contributed by atoms with Gasteiger partial charge in [0, 0.05) is 55.9 Å². The maximum Gasteiger partial charge on any atom is 0.276 e. The number of anilines is 1. The van der Waals surface area contributed by atoms with Gasteiger partial charge in [-0.25, -0.2) is 9.82 Å². The number of nitrogens with zero attached hydrogens (tertiary/aromatic N) is 4. The van der Waals surface area contributed by atoms with Crippen molar-refractivity contribution in [2.45, 2.75) is 18.9 Å². The SMILES string of the molecule is Cl.O=C(N/N=C\c1ccccc1O)c1cn(C2CC2)c2cc(N3CCN(CCO)CC3)c(F)cc2c1=O. The normalized spacial score (nSPS) is 16.2. The molecule has 9 nitrogen and oxygen atoms in total. The molecule has 0 radical (unpaired) electrons. The third-order valence-corrected chi connectivity index (χ3v) is 6.72. The molecule has 1 saturated carbocycles. The second kappa shape index (κ2) is 11.3. The highest BCUT2D eigenvalue weighted by Crippen LogP contribution is 2.38. The number of hydrogen-bond donors (Lipinski definition) is 3. The van der Waals surface area contributed by atoms with E-state index in [1.807, 2.05) is 9.47 Å². The molecule has 196 valence electrons. The summed E-state index contributed by atoms with van der Waals surface area (Å²) < 4.78 is 17.1. The van der Waals surface area contributed by atoms with E-state index < -0.39 is 17.2 Å². The lowest BCUT2D eigenvalue weighted by Gasteiger charge is -2.36. The summed E-state index contributed by atoms with van der Waals surface area (Å²) in [6.07, 6.45) is 4.65. The molecule has 3 N–H and O–H groups in total. The smallest absolute Gasteiger partial charge is 0.276 e. The van der Waals surface area contributed by atoms with Gasteiger partial charge in [0.15, 0.2) is 0 Å². The average Bonchev–Trinajstić information content (AvgIpc) is 3.72. The van der Waals surface area contributed by atoms with Gasteiger partial charge in [-0.1, -0.05) is 12.1 Å². The molecular weight excluding hydrogens is 501 g/mol. The number of hydrazone groups is 1. The summed E-state index contributed by atoms with van der Waals surface area (Å²) >= 11 is 0. The number of aromatic hydroxyl groups is 1. The number of fused-ring (bicyclic) bond motifs is 1. The Morgan fingerprint density at radius 3 is 2.57 bits per heavy atom. The largest absolute Gasteiger partial charge is 0.507 e. The number of benzene rings is 2. The topological polar surface area (TPSA) is 110 Å². The Kier molecular flexibility index (Phi) is 8.11. The Labute approximate surface area is 219 Å². The van der Waals surface area contributed by atoms with Crippen LogP contribution in [0.4, 0.5) is 10.1 Å². The Balaban J connectivity index is 0.00000320. The van der Waals surface area contributed by atoms with E-state index in [-0.39, 0.29) is 41.8 Å². The highest BCUT2D eigenvalue weighted by molar-refractivity contribution is 5.98. The molecule has 0 spiro atoms. The van der Waals surface area contributed by atoms with Gasteiger partial charge in [0.1, 0.15) is 17.1 Å². The maximum atomic E-state index is 15.2. The van der Waals surface area contributed by atoms with Crippen molar-refractivity contribution >= 4 is 41.1 Å². The van der Waals surface area contributed by atoms with Gasteiger partial charge in [-0.3, -0.25) is 14.5 Å². The van der Waals surface area contributed by atoms with Crippen LogP contribution in [0.15, 0.2) is 52.5 Å². The second-order valence-corrected chi connectivity index (χ2v) is 9.14. The molecule has 5 rings (SSSR count). The molecule has 3 aromatic rings. The Morgan fingerprint density at radius 2 is 1.89 bits per heavy atom. The predicted octanol–water partition coefficient (Wildman–Crippen LogP) is 2.48. The van der Waals surface area contributed by atoms with E-state index in [1.54, 1.807) is 24.3 Å². The van der Waals surface area contributed by atoms with E-state index >= 15 is 4.39 Å². The molecule has 0 atom stereocenters. The summed E-state index contributed by atoms with van der Waals surface area (Å²) in [7, 11) is 0. The molecule has 2 heterocycles. The number of piperazine rings is 1. The Hall–Kier alpha value is -3.47. The first kappa shape index (κ1) is 26.6. The summed E-state index contributed by atoms with van der Waals surface area (Å²) in [4.78, 5) is 30.2. The van der Waals surface area contributed by atoms with Crippen molar-refractivity contribution < 1.29 is 19.4 Å². The number of hydrogen-bond acceptors (Lipinski definition) is 7. The van der Waals surface area contributed by atoms with Crippen molar-refractivity contribution in [3.63, 3.8) is 0 Å². The standard InChI is InChI=1S/C26H28FN5O4.ClH/c27-21-13-19-22(14-23(21)31-9-7-30(8-10-31)11-12-33)32(18-5-6-18)16-20(25(19)35)26(36)29-28-15-17-3-1-2-4-24(17)34;/h1-4,13-16,18,33-34H,5-12H2,(H,29,36);1H/b28-15-;. The molecule has 2 aromatic carbocycles. The van der Waals surface area contributed by atoms with Gasteiger partial charge in [-0.15, -0.1) is 12.4 Å². The molecule has 1 amide bonds. The molecule has 1 aliphatic carbocycles. The fourth-order valence-electron chi connectivity index (χ4n) is 4.59. The fraction of sp³-hybridized carbons (Fsp3) is 0.346. The summed E-state index contributed by atoms with van der Waals surface area (Å²) in [5, 5.41) is 23.0. The van der Waals surface area contributed by atoms with Crippen LogP contribution < -0.4 is 15.8 Å². The Morgan fingerprint density at radius 1 is 1.16 bits per heavy atom. The van der Waals surface area contributed by atoms with Crippen molar-refractivity contribution in [3.8, 4) is 5.75 Å². The predicted molar refractivity (Wildman–Crippen MR) is 143 cm³/mol. The van der Waals surface area contributed by atoms with Crippen LogP contribution in [0, 0.1) is 5.82 Å². The number of aliphatic hydroxyl groups excluding tert-OH is 1. The number of rotatable bonds is 7. The third kappa shape index (κ3) is 5.61. The van der Waals surface area contributed by atoms with Crippen molar-refractivity contribution in [1.82, 2.24) is 14.9 Å². The number of para-hydroxylation sites is 1. The van der Waals surface area contributed by atoms with Gasteiger partial charge in [0.05, 0.1) is 24.0 Å². The lowest BCUT2D eigenvalue weighted by molar-refractivity contribution is 0.0953. The number of β-amino-alcohol motifs (C(OH)–C–C–N with tert-alkyl or cyclic N) is 1. The van der Waals surface area contributed by atoms with Gasteiger partial charge in [-0.2, -0.15) is 5.10 Å². The number of nitrogens with one attached hydrogen (secondary N) is 1. The van der Waals surface area contributed by atoms with Crippen LogP contribution in [0.1, 0.15) is 34.8 Å². The number of halogens is 2. The minimum atomic E-state index is -0.701. The highest BCUT2D eigenvalue weighted by Gasteiger charge is 2.28. The number of pyridine rings is 1. The van der Waals surface area contributed by atoms with E-state index in [2.05, 4.69) is 15.4 Å². The monoisotopic (exact) mass is 529 g/mol. The van der Waals surface area contributed by atoms with Crippen LogP contribution in [0.5, 0.6) is 5.75 Å². The zero-order valence-electron chi connectivity index (χ0n) is 20.1. The van der Waals surface area contributed by atoms with Crippen molar-refractivity contribution in [2.24, 2.45) is 5.10 Å². The first-order valence-corrected chi connectivity index (χ1v) is 12.0. The minimum Gasteiger partial charge on any atom is -0.507 e. The van der Waals surface area contributed by atoms with Crippen LogP contribution in [0.25, 0.3) is 10.9 Å². The van der Waals surface area contributed by atoms with Crippen molar-refractivity contribution in [1.29, 1.82) is 0 Å². The quantitative estimate of drug-likeness (QED) is 0.320. The zero-order chi connectivity index (χ0) is 25.2. The maximum absolute atomic E-state index is 15.2. The van der Waals surface area contributed by atoms with Gasteiger partial charge >= 0.3 is 0 Å². The van der Waals surface area contributed by atoms with Crippen LogP contribution in [-0.2, 0) is 0 Å². The number of phenols is 1. The average molecular weight is 530 g/mol. The van der Waals surface area contributed by atoms with E-state index in [1.165, 1.54) is 24.5 Å². The highest BCUT2D eigenvalue weighted by atomic mass is 35.5. The van der Waals surface area contributed by atoms with E-state index in [0.29, 0.717) is 49.5 Å². The molecule has 1 saturated heterocycles. The van der Waals surface area contributed by atoms with Gasteiger partial charge in [0.25, 0.3) is 5.91 Å². The van der Waals surface area contributed by atoms with Crippen LogP contribution >= 0.6 is 12.4 Å². The van der Waals surface area contributed by atoms with E-state index in [9.17, 15) is 14.7 Å². The fourth-order valence-corrected chi connectivity index (χ4v) is 4.59. The number of aromatic nitrogens is 1. The summed E-state index contributed by atoms with van der Waals surface area (Å²) in [6, 6.07) is 9.61. The molecule has 2 aliphatic rings. The lowest BCUT2D eigenvalue weighted by atomic mass is 10.1. The number of carbonyl (C=O) groups excluding carboxylic acids is 1. The molecule has 1 aromatic heterocycles. The molecule has 0 unspecified atom stereocenters. The molecule has 37 heavy (non-hydrogen) atoms. The van der Waals surface area contributed by atoms with Crippen LogP contribution in [0.3, 0.4) is 0 Å². The van der Waals surface area contributed by atoms with Gasteiger partial charge in [-0.05, 0) is 37.1 Å². The first-order valence-electron chi connectivity index (χ1n) is 12.0. The number of aliphatic hydroxyl groups is 1. The molecule has 2 fully saturated rings. The molecule has 11 heteroatoms. The molecule has 1 aliphatic heterocycles. The first-order chi connectivity index (χ1) is 17.5.